The molecule has 0 aliphatic heterocycles. The molecule has 2 nitrogen and oxygen atoms in total. The van der Waals surface area contributed by atoms with Gasteiger partial charge in [0.25, 0.3) is 0 Å². The summed E-state index contributed by atoms with van der Waals surface area (Å²) < 4.78 is 17.1. The standard InChI is InChI=1S/C12H23FO2S/c1-9(2)11(12(14)15-10(3)4)16-8-6-5-7-13/h9-11H,5-8H2,1-4H3. The van der Waals surface area contributed by atoms with Gasteiger partial charge in [-0.1, -0.05) is 13.8 Å². The van der Waals surface area contributed by atoms with E-state index < -0.39 is 0 Å². The lowest BCUT2D eigenvalue weighted by molar-refractivity contribution is -0.147. The molecule has 0 aromatic rings. The first-order valence-corrected chi connectivity index (χ1v) is 6.92. The van der Waals surface area contributed by atoms with Gasteiger partial charge in [0.2, 0.25) is 0 Å². The lowest BCUT2D eigenvalue weighted by Gasteiger charge is -2.20. The van der Waals surface area contributed by atoms with Crippen molar-refractivity contribution in [2.24, 2.45) is 5.92 Å². The van der Waals surface area contributed by atoms with Crippen molar-refractivity contribution in [2.45, 2.75) is 51.9 Å². The third-order valence-corrected chi connectivity index (χ3v) is 3.64. The summed E-state index contributed by atoms with van der Waals surface area (Å²) in [5, 5.41) is -0.123. The predicted octanol–water partition coefficient (Wildman–Crippen LogP) is 3.45. The number of esters is 1. The number of ether oxygens (including phenoxy) is 1. The Morgan fingerprint density at radius 3 is 2.31 bits per heavy atom. The molecule has 4 heteroatoms. The highest BCUT2D eigenvalue weighted by Crippen LogP contribution is 2.22. The van der Waals surface area contributed by atoms with E-state index in [0.717, 1.165) is 12.2 Å². The largest absolute Gasteiger partial charge is 0.462 e. The van der Waals surface area contributed by atoms with Crippen LogP contribution in [0, 0.1) is 5.92 Å². The van der Waals surface area contributed by atoms with Crippen LogP contribution in [-0.4, -0.2) is 29.8 Å². The van der Waals surface area contributed by atoms with Crippen molar-refractivity contribution < 1.29 is 13.9 Å². The number of hydrogen-bond acceptors (Lipinski definition) is 3. The van der Waals surface area contributed by atoms with Crippen molar-refractivity contribution >= 4 is 17.7 Å². The number of unbranched alkanes of at least 4 members (excludes halogenated alkanes) is 1. The molecule has 0 spiro atoms. The maximum absolute atomic E-state index is 11.9. The summed E-state index contributed by atoms with van der Waals surface area (Å²) in [6.45, 7) is 7.44. The average molecular weight is 250 g/mol. The minimum atomic E-state index is -0.274. The van der Waals surface area contributed by atoms with E-state index in [0.29, 0.717) is 6.42 Å². The number of carbonyl (C=O) groups excluding carboxylic acids is 1. The van der Waals surface area contributed by atoms with Crippen LogP contribution < -0.4 is 0 Å². The summed E-state index contributed by atoms with van der Waals surface area (Å²) in [5.74, 6) is 0.928. The molecule has 0 radical (unpaired) electrons. The smallest absolute Gasteiger partial charge is 0.319 e. The number of halogens is 1. The molecule has 0 saturated heterocycles. The molecular formula is C12H23FO2S. The molecule has 0 amide bonds. The Balaban J connectivity index is 4.01. The normalized spacial score (nSPS) is 13.2. The van der Waals surface area contributed by atoms with E-state index in [1.54, 1.807) is 11.8 Å². The van der Waals surface area contributed by atoms with Crippen LogP contribution in [-0.2, 0) is 9.53 Å². The van der Waals surface area contributed by atoms with Crippen LogP contribution in [0.5, 0.6) is 0 Å². The lowest BCUT2D eigenvalue weighted by Crippen LogP contribution is -2.28. The van der Waals surface area contributed by atoms with E-state index >= 15 is 0 Å². The Morgan fingerprint density at radius 2 is 1.88 bits per heavy atom. The summed E-state index contributed by atoms with van der Waals surface area (Å²) in [6.07, 6.45) is 1.33. The number of rotatable bonds is 8. The molecule has 0 heterocycles. The van der Waals surface area contributed by atoms with E-state index in [2.05, 4.69) is 0 Å². The first-order chi connectivity index (χ1) is 7.49. The van der Waals surface area contributed by atoms with Crippen LogP contribution in [0.15, 0.2) is 0 Å². The van der Waals surface area contributed by atoms with Gasteiger partial charge in [0, 0.05) is 0 Å². The first-order valence-electron chi connectivity index (χ1n) is 5.87. The minimum Gasteiger partial charge on any atom is -0.462 e. The molecule has 0 rings (SSSR count). The van der Waals surface area contributed by atoms with Crippen molar-refractivity contribution in [3.8, 4) is 0 Å². The van der Waals surface area contributed by atoms with Gasteiger partial charge in [0.1, 0.15) is 5.25 Å². The maximum atomic E-state index is 11.9. The van der Waals surface area contributed by atoms with Gasteiger partial charge in [-0.3, -0.25) is 9.18 Å². The van der Waals surface area contributed by atoms with Crippen LogP contribution >= 0.6 is 11.8 Å². The highest BCUT2D eigenvalue weighted by atomic mass is 32.2. The molecule has 96 valence electrons. The van der Waals surface area contributed by atoms with Crippen LogP contribution in [0.2, 0.25) is 0 Å². The predicted molar refractivity (Wildman–Crippen MR) is 67.5 cm³/mol. The van der Waals surface area contributed by atoms with E-state index in [1.165, 1.54) is 0 Å². The van der Waals surface area contributed by atoms with Gasteiger partial charge in [-0.05, 0) is 38.4 Å². The molecule has 0 aromatic carbocycles. The van der Waals surface area contributed by atoms with Gasteiger partial charge in [-0.15, -0.1) is 11.8 Å². The summed E-state index contributed by atoms with van der Waals surface area (Å²) in [4.78, 5) is 11.7. The molecule has 0 saturated carbocycles. The van der Waals surface area contributed by atoms with Gasteiger partial charge >= 0.3 is 5.97 Å². The van der Waals surface area contributed by atoms with E-state index in [1.807, 2.05) is 27.7 Å². The molecular weight excluding hydrogens is 227 g/mol. The second-order valence-electron chi connectivity index (χ2n) is 4.42. The van der Waals surface area contributed by atoms with E-state index in [9.17, 15) is 9.18 Å². The Morgan fingerprint density at radius 1 is 1.25 bits per heavy atom. The Kier molecular flexibility index (Phi) is 8.71. The Hall–Kier alpha value is -0.250. The molecule has 0 aliphatic rings. The van der Waals surface area contributed by atoms with Crippen LogP contribution in [0.1, 0.15) is 40.5 Å². The zero-order valence-electron chi connectivity index (χ0n) is 10.7. The molecule has 0 fully saturated rings. The van der Waals surface area contributed by atoms with E-state index in [-0.39, 0.29) is 29.9 Å². The first kappa shape index (κ1) is 15.8. The lowest BCUT2D eigenvalue weighted by atomic mass is 10.1. The van der Waals surface area contributed by atoms with Gasteiger partial charge in [0.15, 0.2) is 0 Å². The fourth-order valence-corrected chi connectivity index (χ4v) is 2.44. The fraction of sp³-hybridized carbons (Fsp3) is 0.917. The zero-order valence-corrected chi connectivity index (χ0v) is 11.5. The quantitative estimate of drug-likeness (QED) is 0.487. The number of hydrogen-bond donors (Lipinski definition) is 0. The third kappa shape index (κ3) is 7.09. The highest BCUT2D eigenvalue weighted by Gasteiger charge is 2.24. The van der Waals surface area contributed by atoms with Crippen molar-refractivity contribution in [3.05, 3.63) is 0 Å². The average Bonchev–Trinajstić information content (AvgIpc) is 2.15. The SMILES string of the molecule is CC(C)OC(=O)C(SCCCCF)C(C)C. The van der Waals surface area contributed by atoms with Crippen LogP contribution in [0.25, 0.3) is 0 Å². The Bertz CT molecular complexity index is 195. The monoisotopic (exact) mass is 250 g/mol. The number of thioether (sulfide) groups is 1. The van der Waals surface area contributed by atoms with Crippen molar-refractivity contribution in [3.63, 3.8) is 0 Å². The third-order valence-electron chi connectivity index (χ3n) is 2.02. The van der Waals surface area contributed by atoms with Crippen molar-refractivity contribution in [2.75, 3.05) is 12.4 Å². The highest BCUT2D eigenvalue weighted by molar-refractivity contribution is 8.00. The molecule has 1 atom stereocenters. The van der Waals surface area contributed by atoms with Crippen LogP contribution in [0.3, 0.4) is 0 Å². The second-order valence-corrected chi connectivity index (χ2v) is 5.67. The minimum absolute atomic E-state index is 0.0693. The molecule has 1 unspecified atom stereocenters. The molecule has 0 aliphatic carbocycles. The van der Waals surface area contributed by atoms with Gasteiger partial charge in [0.05, 0.1) is 12.8 Å². The number of carbonyl (C=O) groups is 1. The van der Waals surface area contributed by atoms with E-state index in [4.69, 9.17) is 4.74 Å². The van der Waals surface area contributed by atoms with Crippen LogP contribution in [0.4, 0.5) is 4.39 Å². The summed E-state index contributed by atoms with van der Waals surface area (Å²) >= 11 is 1.58. The molecule has 0 N–H and O–H groups in total. The van der Waals surface area contributed by atoms with Crippen molar-refractivity contribution in [1.29, 1.82) is 0 Å². The summed E-state index contributed by atoms with van der Waals surface area (Å²) in [6, 6.07) is 0. The molecule has 0 aromatic heterocycles. The summed E-state index contributed by atoms with van der Waals surface area (Å²) in [7, 11) is 0. The van der Waals surface area contributed by atoms with Gasteiger partial charge in [-0.2, -0.15) is 0 Å². The zero-order chi connectivity index (χ0) is 12.6. The maximum Gasteiger partial charge on any atom is 0.319 e. The van der Waals surface area contributed by atoms with Gasteiger partial charge < -0.3 is 4.74 Å². The summed E-state index contributed by atoms with van der Waals surface area (Å²) in [5.41, 5.74) is 0. The van der Waals surface area contributed by atoms with Gasteiger partial charge in [-0.25, -0.2) is 0 Å². The topological polar surface area (TPSA) is 26.3 Å². The molecule has 0 bridgehead atoms. The fourth-order valence-electron chi connectivity index (χ4n) is 1.24. The second kappa shape index (κ2) is 8.85. The molecule has 16 heavy (non-hydrogen) atoms. The Labute approximate surface area is 102 Å². The van der Waals surface area contributed by atoms with Crippen molar-refractivity contribution in [1.82, 2.24) is 0 Å². The number of alkyl halides is 1.